The first-order valence-corrected chi connectivity index (χ1v) is 7.05. The summed E-state index contributed by atoms with van der Waals surface area (Å²) >= 11 is 0. The zero-order valence-corrected chi connectivity index (χ0v) is 10.5. The smallest absolute Gasteiger partial charge is 0.222 e. The van der Waals surface area contributed by atoms with Crippen molar-refractivity contribution < 1.29 is 4.79 Å². The summed E-state index contributed by atoms with van der Waals surface area (Å²) in [5, 5.41) is 3.23. The predicted molar refractivity (Wildman–Crippen MR) is 66.8 cm³/mol. The van der Waals surface area contributed by atoms with E-state index in [9.17, 15) is 4.79 Å². The number of carbonyl (C=O) groups is 1. The van der Waals surface area contributed by atoms with E-state index in [1.807, 2.05) is 0 Å². The van der Waals surface area contributed by atoms with Gasteiger partial charge in [-0.2, -0.15) is 0 Å². The van der Waals surface area contributed by atoms with Crippen molar-refractivity contribution >= 4 is 5.91 Å². The van der Waals surface area contributed by atoms with Gasteiger partial charge in [-0.15, -0.1) is 0 Å². The molecule has 0 aromatic rings. The van der Waals surface area contributed by atoms with Gasteiger partial charge >= 0.3 is 0 Å². The van der Waals surface area contributed by atoms with Gasteiger partial charge in [-0.1, -0.05) is 0 Å². The summed E-state index contributed by atoms with van der Waals surface area (Å²) in [7, 11) is 0. The summed E-state index contributed by atoms with van der Waals surface area (Å²) in [4.78, 5) is 16.8. The molecule has 96 valence electrons. The average Bonchev–Trinajstić information content (AvgIpc) is 2.91. The van der Waals surface area contributed by atoms with Crippen molar-refractivity contribution in [3.63, 3.8) is 0 Å². The van der Waals surface area contributed by atoms with Crippen molar-refractivity contribution in [2.45, 2.75) is 31.7 Å². The number of hydrogen-bond acceptors (Lipinski definition) is 3. The van der Waals surface area contributed by atoms with Crippen LogP contribution in [-0.4, -0.2) is 61.0 Å². The first kappa shape index (κ1) is 11.5. The molecule has 3 aliphatic heterocycles. The minimum atomic E-state index is 0.387. The van der Waals surface area contributed by atoms with E-state index >= 15 is 0 Å². The number of carbonyl (C=O) groups excluding carboxylic acids is 1. The van der Waals surface area contributed by atoms with Gasteiger partial charge in [0.05, 0.1) is 0 Å². The fraction of sp³-hybridized carbons (Fsp3) is 0.923. The van der Waals surface area contributed by atoms with Gasteiger partial charge in [-0.25, -0.2) is 0 Å². The van der Waals surface area contributed by atoms with E-state index in [4.69, 9.17) is 0 Å². The Morgan fingerprint density at radius 2 is 1.94 bits per heavy atom. The fourth-order valence-electron chi connectivity index (χ4n) is 3.24. The van der Waals surface area contributed by atoms with Crippen molar-refractivity contribution in [2.24, 2.45) is 5.92 Å². The molecule has 0 saturated carbocycles. The molecule has 1 unspecified atom stereocenters. The third-order valence-electron chi connectivity index (χ3n) is 4.50. The zero-order valence-electron chi connectivity index (χ0n) is 10.5. The SMILES string of the molecule is O=C(CC1CNC1)N1CCC(N2CCCC2)C1. The van der Waals surface area contributed by atoms with E-state index < -0.39 is 0 Å². The van der Waals surface area contributed by atoms with Crippen LogP contribution in [0.1, 0.15) is 25.7 Å². The second kappa shape index (κ2) is 4.94. The van der Waals surface area contributed by atoms with Crippen LogP contribution in [-0.2, 0) is 4.79 Å². The number of likely N-dealkylation sites (tertiary alicyclic amines) is 2. The van der Waals surface area contributed by atoms with Crippen molar-refractivity contribution in [3.8, 4) is 0 Å². The van der Waals surface area contributed by atoms with Crippen LogP contribution in [0.2, 0.25) is 0 Å². The van der Waals surface area contributed by atoms with Gasteiger partial charge < -0.3 is 10.2 Å². The van der Waals surface area contributed by atoms with Crippen LogP contribution in [0.5, 0.6) is 0 Å². The molecule has 0 aromatic carbocycles. The maximum absolute atomic E-state index is 12.1. The molecular formula is C13H23N3O. The molecule has 3 aliphatic rings. The van der Waals surface area contributed by atoms with Gasteiger partial charge in [0.25, 0.3) is 0 Å². The van der Waals surface area contributed by atoms with Crippen LogP contribution in [0, 0.1) is 5.92 Å². The summed E-state index contributed by atoms with van der Waals surface area (Å²) in [6.45, 7) is 6.54. The summed E-state index contributed by atoms with van der Waals surface area (Å²) in [6, 6.07) is 0.654. The summed E-state index contributed by atoms with van der Waals surface area (Å²) in [5.74, 6) is 0.992. The lowest BCUT2D eigenvalue weighted by molar-refractivity contribution is -0.131. The summed E-state index contributed by atoms with van der Waals surface area (Å²) < 4.78 is 0. The fourth-order valence-corrected chi connectivity index (χ4v) is 3.24. The summed E-state index contributed by atoms with van der Waals surface area (Å²) in [6.07, 6.45) is 4.64. The molecule has 3 saturated heterocycles. The molecule has 0 bridgehead atoms. The standard InChI is InChI=1S/C13H23N3O/c17-13(7-11-8-14-9-11)16-6-3-12(10-16)15-4-1-2-5-15/h11-12,14H,1-10H2. The van der Waals surface area contributed by atoms with Crippen molar-refractivity contribution in [1.82, 2.24) is 15.1 Å². The normalized spacial score (nSPS) is 30.8. The monoisotopic (exact) mass is 237 g/mol. The second-order valence-corrected chi connectivity index (χ2v) is 5.75. The van der Waals surface area contributed by atoms with Crippen molar-refractivity contribution in [1.29, 1.82) is 0 Å². The molecule has 1 amide bonds. The molecule has 1 atom stereocenters. The molecule has 4 heteroatoms. The van der Waals surface area contributed by atoms with Gasteiger partial charge in [0, 0.05) is 25.6 Å². The molecule has 0 aliphatic carbocycles. The Bertz CT molecular complexity index is 284. The summed E-state index contributed by atoms with van der Waals surface area (Å²) in [5.41, 5.74) is 0. The minimum Gasteiger partial charge on any atom is -0.341 e. The van der Waals surface area contributed by atoms with E-state index in [2.05, 4.69) is 15.1 Å². The Balaban J connectivity index is 1.47. The predicted octanol–water partition coefficient (Wildman–Crippen LogP) is 0.293. The maximum atomic E-state index is 12.1. The molecule has 0 spiro atoms. The second-order valence-electron chi connectivity index (χ2n) is 5.75. The third kappa shape index (κ3) is 2.47. The average molecular weight is 237 g/mol. The van der Waals surface area contributed by atoms with E-state index in [-0.39, 0.29) is 0 Å². The van der Waals surface area contributed by atoms with E-state index in [1.165, 1.54) is 32.4 Å². The van der Waals surface area contributed by atoms with E-state index in [0.29, 0.717) is 17.9 Å². The minimum absolute atomic E-state index is 0.387. The number of amides is 1. The van der Waals surface area contributed by atoms with Crippen molar-refractivity contribution in [2.75, 3.05) is 39.3 Å². The Labute approximate surface area is 103 Å². The van der Waals surface area contributed by atoms with Gasteiger partial charge in [-0.3, -0.25) is 9.69 Å². The first-order valence-electron chi connectivity index (χ1n) is 7.05. The molecule has 3 fully saturated rings. The molecular weight excluding hydrogens is 214 g/mol. The number of nitrogens with one attached hydrogen (secondary N) is 1. The van der Waals surface area contributed by atoms with Gasteiger partial charge in [-0.05, 0) is 51.4 Å². The highest BCUT2D eigenvalue weighted by Crippen LogP contribution is 2.22. The topological polar surface area (TPSA) is 35.6 Å². The van der Waals surface area contributed by atoms with Crippen LogP contribution in [0.3, 0.4) is 0 Å². The number of nitrogens with zero attached hydrogens (tertiary/aromatic N) is 2. The van der Waals surface area contributed by atoms with E-state index in [0.717, 1.165) is 32.6 Å². The van der Waals surface area contributed by atoms with Crippen LogP contribution in [0.4, 0.5) is 0 Å². The quantitative estimate of drug-likeness (QED) is 0.766. The van der Waals surface area contributed by atoms with Crippen LogP contribution in [0.15, 0.2) is 0 Å². The molecule has 3 rings (SSSR count). The van der Waals surface area contributed by atoms with Crippen LogP contribution < -0.4 is 5.32 Å². The molecule has 4 nitrogen and oxygen atoms in total. The Kier molecular flexibility index (Phi) is 3.34. The lowest BCUT2D eigenvalue weighted by Crippen LogP contribution is -2.45. The Morgan fingerprint density at radius 1 is 1.18 bits per heavy atom. The maximum Gasteiger partial charge on any atom is 0.222 e. The van der Waals surface area contributed by atoms with Gasteiger partial charge in [0.1, 0.15) is 0 Å². The Hall–Kier alpha value is -0.610. The van der Waals surface area contributed by atoms with Gasteiger partial charge in [0.2, 0.25) is 5.91 Å². The van der Waals surface area contributed by atoms with Gasteiger partial charge in [0.15, 0.2) is 0 Å². The molecule has 0 radical (unpaired) electrons. The van der Waals surface area contributed by atoms with Crippen molar-refractivity contribution in [3.05, 3.63) is 0 Å². The molecule has 3 heterocycles. The highest BCUT2D eigenvalue weighted by Gasteiger charge is 2.32. The largest absolute Gasteiger partial charge is 0.341 e. The third-order valence-corrected chi connectivity index (χ3v) is 4.50. The Morgan fingerprint density at radius 3 is 2.59 bits per heavy atom. The molecule has 0 aromatic heterocycles. The van der Waals surface area contributed by atoms with Crippen LogP contribution in [0.25, 0.3) is 0 Å². The lowest BCUT2D eigenvalue weighted by Gasteiger charge is -2.29. The highest BCUT2D eigenvalue weighted by molar-refractivity contribution is 5.77. The first-order chi connectivity index (χ1) is 8.33. The zero-order chi connectivity index (χ0) is 11.7. The number of rotatable bonds is 3. The lowest BCUT2D eigenvalue weighted by atomic mass is 9.99. The number of hydrogen-bond donors (Lipinski definition) is 1. The molecule has 17 heavy (non-hydrogen) atoms. The van der Waals surface area contributed by atoms with E-state index in [1.54, 1.807) is 0 Å². The highest BCUT2D eigenvalue weighted by atomic mass is 16.2. The van der Waals surface area contributed by atoms with Crippen LogP contribution >= 0.6 is 0 Å². The molecule has 1 N–H and O–H groups in total.